The lowest BCUT2D eigenvalue weighted by molar-refractivity contribution is 0.195. The van der Waals surface area contributed by atoms with Crippen LogP contribution in [0.25, 0.3) is 0 Å². The van der Waals surface area contributed by atoms with Crippen LogP contribution in [0, 0.1) is 0 Å². The van der Waals surface area contributed by atoms with Gasteiger partial charge >= 0.3 is 0 Å². The quantitative estimate of drug-likeness (QED) is 0.804. The van der Waals surface area contributed by atoms with Crippen LogP contribution in [0.15, 0.2) is 34.9 Å². The third kappa shape index (κ3) is 3.05. The van der Waals surface area contributed by atoms with Crippen LogP contribution in [0.3, 0.4) is 0 Å². The summed E-state index contributed by atoms with van der Waals surface area (Å²) < 4.78 is 1.05. The maximum Gasteiger partial charge on any atom is 0.0782 e. The summed E-state index contributed by atoms with van der Waals surface area (Å²) in [5.41, 5.74) is 5.27. The second-order valence-corrected chi connectivity index (χ2v) is 7.58. The Morgan fingerprint density at radius 3 is 2.74 bits per heavy atom. The molecular weight excluding hydrogens is 374 g/mol. The number of fused-ring (bicyclic) bond motifs is 2. The number of hydrogen-bond acceptors (Lipinski definition) is 3. The molecule has 23 heavy (non-hydrogen) atoms. The minimum Gasteiger partial charge on any atom is -0.314 e. The van der Waals surface area contributed by atoms with E-state index in [2.05, 4.69) is 44.3 Å². The van der Waals surface area contributed by atoms with Gasteiger partial charge in [-0.1, -0.05) is 17.7 Å². The summed E-state index contributed by atoms with van der Waals surface area (Å²) in [6.45, 7) is 4.16. The van der Waals surface area contributed by atoms with Crippen LogP contribution in [0.4, 0.5) is 0 Å². The van der Waals surface area contributed by atoms with Gasteiger partial charge in [-0.05, 0) is 63.7 Å². The van der Waals surface area contributed by atoms with E-state index in [-0.39, 0.29) is 6.04 Å². The third-order valence-electron chi connectivity index (χ3n) is 4.81. The Morgan fingerprint density at radius 2 is 1.91 bits per heavy atom. The fraction of sp³-hybridized carbons (Fsp3) is 0.389. The second-order valence-electron chi connectivity index (χ2n) is 6.23. The van der Waals surface area contributed by atoms with E-state index in [4.69, 9.17) is 16.6 Å². The van der Waals surface area contributed by atoms with Crippen molar-refractivity contribution in [1.82, 2.24) is 15.2 Å². The Balaban J connectivity index is 1.86. The van der Waals surface area contributed by atoms with Crippen molar-refractivity contribution in [3.05, 3.63) is 62.3 Å². The van der Waals surface area contributed by atoms with Crippen molar-refractivity contribution < 1.29 is 0 Å². The summed E-state index contributed by atoms with van der Waals surface area (Å²) in [6, 6.07) is 8.80. The average Bonchev–Trinajstić information content (AvgIpc) is 2.72. The van der Waals surface area contributed by atoms with Gasteiger partial charge in [0.25, 0.3) is 0 Å². The van der Waals surface area contributed by atoms with Gasteiger partial charge in [-0.15, -0.1) is 0 Å². The van der Waals surface area contributed by atoms with E-state index in [1.165, 1.54) is 22.4 Å². The zero-order chi connectivity index (χ0) is 15.8. The van der Waals surface area contributed by atoms with E-state index < -0.39 is 0 Å². The predicted molar refractivity (Wildman–Crippen MR) is 97.1 cm³/mol. The zero-order valence-corrected chi connectivity index (χ0v) is 15.2. The molecule has 5 heteroatoms. The van der Waals surface area contributed by atoms with Crippen LogP contribution in [-0.2, 0) is 12.8 Å². The largest absolute Gasteiger partial charge is 0.314 e. The molecule has 1 aromatic carbocycles. The lowest BCUT2D eigenvalue weighted by Gasteiger charge is -2.35. The number of nitrogens with zero attached hydrogens (tertiary/aromatic N) is 2. The van der Waals surface area contributed by atoms with Gasteiger partial charge in [-0.3, -0.25) is 9.88 Å². The number of rotatable bonds is 1. The molecule has 1 saturated heterocycles. The van der Waals surface area contributed by atoms with Crippen LogP contribution in [0.1, 0.15) is 28.4 Å². The highest BCUT2D eigenvalue weighted by Crippen LogP contribution is 2.37. The van der Waals surface area contributed by atoms with Crippen LogP contribution < -0.4 is 5.32 Å². The summed E-state index contributed by atoms with van der Waals surface area (Å²) >= 11 is 9.82. The van der Waals surface area contributed by atoms with Gasteiger partial charge in [-0.2, -0.15) is 0 Å². The molecule has 0 bridgehead atoms. The standard InChI is InChI=1S/C18H19BrClN3/c19-14-9-13-2-1-12-10-15(20)3-4-16(12)18(17(13)22-11-14)23-7-5-21-6-8-23/h3-4,9-11,18,21H,1-2,5-8H2/t18-/m1/s1. The van der Waals surface area contributed by atoms with Crippen molar-refractivity contribution in [1.29, 1.82) is 0 Å². The van der Waals surface area contributed by atoms with Gasteiger partial charge in [0, 0.05) is 41.9 Å². The predicted octanol–water partition coefficient (Wildman–Crippen LogP) is 3.59. The first-order chi connectivity index (χ1) is 11.2. The number of nitrogens with one attached hydrogen (secondary N) is 1. The zero-order valence-electron chi connectivity index (χ0n) is 12.9. The van der Waals surface area contributed by atoms with E-state index in [9.17, 15) is 0 Å². The van der Waals surface area contributed by atoms with Gasteiger partial charge in [0.2, 0.25) is 0 Å². The Morgan fingerprint density at radius 1 is 1.13 bits per heavy atom. The van der Waals surface area contributed by atoms with Crippen LogP contribution in [0.5, 0.6) is 0 Å². The van der Waals surface area contributed by atoms with E-state index in [1.54, 1.807) is 0 Å². The van der Waals surface area contributed by atoms with E-state index in [0.29, 0.717) is 0 Å². The van der Waals surface area contributed by atoms with E-state index in [1.807, 2.05) is 12.3 Å². The maximum atomic E-state index is 6.25. The molecule has 0 amide bonds. The Labute approximate surface area is 150 Å². The van der Waals surface area contributed by atoms with Crippen LogP contribution in [0.2, 0.25) is 5.02 Å². The fourth-order valence-electron chi connectivity index (χ4n) is 3.72. The van der Waals surface area contributed by atoms with Crippen molar-refractivity contribution in [3.63, 3.8) is 0 Å². The topological polar surface area (TPSA) is 28.2 Å². The second kappa shape index (κ2) is 6.52. The van der Waals surface area contributed by atoms with Gasteiger partial charge in [-0.25, -0.2) is 0 Å². The lowest BCUT2D eigenvalue weighted by atomic mass is 9.96. The highest BCUT2D eigenvalue weighted by molar-refractivity contribution is 9.10. The summed E-state index contributed by atoms with van der Waals surface area (Å²) in [4.78, 5) is 7.36. The van der Waals surface area contributed by atoms with E-state index in [0.717, 1.165) is 48.5 Å². The molecule has 0 saturated carbocycles. The van der Waals surface area contributed by atoms with Gasteiger partial charge in [0.1, 0.15) is 0 Å². The Kier molecular flexibility index (Phi) is 4.41. The van der Waals surface area contributed by atoms with Crippen molar-refractivity contribution in [2.75, 3.05) is 26.2 Å². The third-order valence-corrected chi connectivity index (χ3v) is 5.48. The minimum atomic E-state index is 0.231. The number of benzene rings is 1. The molecule has 1 aliphatic heterocycles. The molecule has 1 N–H and O–H groups in total. The normalized spacial score (nSPS) is 21.4. The first-order valence-electron chi connectivity index (χ1n) is 8.10. The highest BCUT2D eigenvalue weighted by atomic mass is 79.9. The number of halogens is 2. The molecule has 1 aliphatic carbocycles. The molecule has 3 nitrogen and oxygen atoms in total. The SMILES string of the molecule is Clc1ccc2c(c1)CCc1cc(Br)cnc1[C@@H]2N1CCNCC1. The number of hydrogen-bond donors (Lipinski definition) is 1. The molecule has 1 fully saturated rings. The number of aryl methyl sites for hydroxylation is 2. The summed E-state index contributed by atoms with van der Waals surface area (Å²) in [7, 11) is 0. The first kappa shape index (κ1) is 15.6. The molecule has 0 radical (unpaired) electrons. The number of piperazine rings is 1. The van der Waals surface area contributed by atoms with Crippen LogP contribution >= 0.6 is 27.5 Å². The Hall–Kier alpha value is -0.940. The molecule has 120 valence electrons. The molecule has 2 aliphatic rings. The van der Waals surface area contributed by atoms with Crippen LogP contribution in [-0.4, -0.2) is 36.1 Å². The highest BCUT2D eigenvalue weighted by Gasteiger charge is 2.30. The minimum absolute atomic E-state index is 0.231. The molecule has 2 heterocycles. The average molecular weight is 393 g/mol. The molecule has 1 aromatic heterocycles. The van der Waals surface area contributed by atoms with Crippen molar-refractivity contribution in [2.24, 2.45) is 0 Å². The number of aromatic nitrogens is 1. The molecule has 2 aromatic rings. The van der Waals surface area contributed by atoms with Crippen molar-refractivity contribution in [2.45, 2.75) is 18.9 Å². The van der Waals surface area contributed by atoms with Crippen molar-refractivity contribution >= 4 is 27.5 Å². The molecule has 0 spiro atoms. The summed E-state index contributed by atoms with van der Waals surface area (Å²) in [6.07, 6.45) is 3.95. The van der Waals surface area contributed by atoms with Gasteiger partial charge in [0.15, 0.2) is 0 Å². The van der Waals surface area contributed by atoms with Crippen molar-refractivity contribution in [3.8, 4) is 0 Å². The molecule has 4 rings (SSSR count). The Bertz CT molecular complexity index is 675. The van der Waals surface area contributed by atoms with E-state index >= 15 is 0 Å². The van der Waals surface area contributed by atoms with Gasteiger partial charge < -0.3 is 5.32 Å². The summed E-state index contributed by atoms with van der Waals surface area (Å²) in [5.74, 6) is 0. The van der Waals surface area contributed by atoms with Gasteiger partial charge in [0.05, 0.1) is 11.7 Å². The summed E-state index contributed by atoms with van der Waals surface area (Å²) in [5, 5.41) is 4.27. The number of pyridine rings is 1. The fourth-order valence-corrected chi connectivity index (χ4v) is 4.30. The lowest BCUT2D eigenvalue weighted by Crippen LogP contribution is -2.45. The molecule has 1 atom stereocenters. The smallest absolute Gasteiger partial charge is 0.0782 e. The molecular formula is C18H19BrClN3. The molecule has 0 unspecified atom stereocenters. The monoisotopic (exact) mass is 391 g/mol. The first-order valence-corrected chi connectivity index (χ1v) is 9.27. The maximum absolute atomic E-state index is 6.25.